The van der Waals surface area contributed by atoms with E-state index in [0.717, 1.165) is 6.42 Å². The second-order valence-electron chi connectivity index (χ2n) is 6.20. The Morgan fingerprint density at radius 1 is 1.33 bits per heavy atom. The number of carbonyl (C=O) groups excluding carboxylic acids is 2. The van der Waals surface area contributed by atoms with Gasteiger partial charge in [0.25, 0.3) is 11.8 Å². The maximum atomic E-state index is 12.3. The molecule has 1 N–H and O–H groups in total. The van der Waals surface area contributed by atoms with Crippen molar-refractivity contribution in [2.45, 2.75) is 18.6 Å². The Morgan fingerprint density at radius 2 is 2.25 bits per heavy atom. The number of carbonyl (C=O) groups is 2. The number of fused-ring (bicyclic) bond motifs is 1. The third kappa shape index (κ3) is 2.97. The van der Waals surface area contributed by atoms with Crippen LogP contribution in [0.4, 0.5) is 0 Å². The van der Waals surface area contributed by atoms with Crippen molar-refractivity contribution in [2.24, 2.45) is 5.92 Å². The molecular weight excluding hydrogens is 328 g/mol. The van der Waals surface area contributed by atoms with Gasteiger partial charge in [-0.3, -0.25) is 9.59 Å². The van der Waals surface area contributed by atoms with E-state index < -0.39 is 0 Å². The van der Waals surface area contributed by atoms with Crippen molar-refractivity contribution in [3.05, 3.63) is 46.5 Å². The van der Waals surface area contributed by atoms with Gasteiger partial charge in [0.2, 0.25) is 0 Å². The molecular formula is C17H18N2O4S. The normalized spacial score (nSPS) is 25.7. The van der Waals surface area contributed by atoms with Gasteiger partial charge in [0.15, 0.2) is 5.76 Å². The van der Waals surface area contributed by atoms with E-state index in [1.165, 1.54) is 17.6 Å². The minimum absolute atomic E-state index is 0.0171. The van der Waals surface area contributed by atoms with Gasteiger partial charge in [0.05, 0.1) is 18.5 Å². The minimum atomic E-state index is -0.0830. The van der Waals surface area contributed by atoms with Crippen LogP contribution >= 0.6 is 11.3 Å². The molecule has 0 aromatic carbocycles. The fourth-order valence-electron chi connectivity index (χ4n) is 3.42. The number of hydrogen-bond acceptors (Lipinski definition) is 5. The second-order valence-corrected chi connectivity index (χ2v) is 6.98. The molecule has 2 fully saturated rings. The number of nitrogens with one attached hydrogen (secondary N) is 1. The number of ether oxygens (including phenoxy) is 1. The number of thiophene rings is 1. The number of amides is 2. The Morgan fingerprint density at radius 3 is 2.96 bits per heavy atom. The lowest BCUT2D eigenvalue weighted by molar-refractivity contribution is 0.0352. The van der Waals surface area contributed by atoms with Crippen molar-refractivity contribution >= 4 is 23.2 Å². The molecule has 4 heterocycles. The number of likely N-dealkylation sites (tertiary alicyclic amines) is 1. The van der Waals surface area contributed by atoms with E-state index in [1.807, 2.05) is 16.8 Å². The highest BCUT2D eigenvalue weighted by atomic mass is 32.1. The largest absolute Gasteiger partial charge is 0.459 e. The van der Waals surface area contributed by atoms with Crippen LogP contribution < -0.4 is 5.32 Å². The molecule has 0 unspecified atom stereocenters. The highest BCUT2D eigenvalue weighted by molar-refractivity contribution is 7.08. The van der Waals surface area contributed by atoms with Crippen molar-refractivity contribution in [1.82, 2.24) is 10.2 Å². The van der Waals surface area contributed by atoms with Crippen LogP contribution in [0.25, 0.3) is 0 Å². The van der Waals surface area contributed by atoms with E-state index in [-0.39, 0.29) is 24.0 Å². The van der Waals surface area contributed by atoms with E-state index in [4.69, 9.17) is 9.15 Å². The van der Waals surface area contributed by atoms with Gasteiger partial charge in [-0.25, -0.2) is 0 Å². The Balaban J connectivity index is 1.27. The molecule has 24 heavy (non-hydrogen) atoms. The summed E-state index contributed by atoms with van der Waals surface area (Å²) in [6.45, 7) is 1.77. The van der Waals surface area contributed by atoms with E-state index in [1.54, 1.807) is 17.0 Å². The summed E-state index contributed by atoms with van der Waals surface area (Å²) in [5.74, 6) is 0.549. The summed E-state index contributed by atoms with van der Waals surface area (Å²) in [5, 5.41) is 6.64. The molecule has 4 rings (SSSR count). The van der Waals surface area contributed by atoms with Gasteiger partial charge >= 0.3 is 0 Å². The Hall–Kier alpha value is -2.12. The van der Waals surface area contributed by atoms with Crippen LogP contribution in [-0.4, -0.2) is 48.6 Å². The molecule has 0 saturated carbocycles. The Labute approximate surface area is 143 Å². The molecule has 2 amide bonds. The zero-order valence-corrected chi connectivity index (χ0v) is 13.8. The molecule has 126 valence electrons. The number of nitrogens with zero attached hydrogens (tertiary/aromatic N) is 1. The highest BCUT2D eigenvalue weighted by Gasteiger charge is 2.43. The molecule has 0 bridgehead atoms. The molecule has 2 aromatic heterocycles. The molecule has 6 nitrogen and oxygen atoms in total. The zero-order chi connectivity index (χ0) is 16.5. The van der Waals surface area contributed by atoms with E-state index in [2.05, 4.69) is 5.32 Å². The minimum Gasteiger partial charge on any atom is -0.459 e. The maximum Gasteiger partial charge on any atom is 0.289 e. The van der Waals surface area contributed by atoms with E-state index in [0.29, 0.717) is 36.9 Å². The monoisotopic (exact) mass is 346 g/mol. The lowest BCUT2D eigenvalue weighted by Gasteiger charge is -2.18. The lowest BCUT2D eigenvalue weighted by Crippen LogP contribution is -2.35. The summed E-state index contributed by atoms with van der Waals surface area (Å²) in [7, 11) is 0. The van der Waals surface area contributed by atoms with E-state index in [9.17, 15) is 9.59 Å². The number of rotatable bonds is 4. The van der Waals surface area contributed by atoms with Crippen LogP contribution in [-0.2, 0) is 4.74 Å². The van der Waals surface area contributed by atoms with Crippen LogP contribution in [0.15, 0.2) is 39.6 Å². The predicted molar refractivity (Wildman–Crippen MR) is 88.0 cm³/mol. The van der Waals surface area contributed by atoms with Crippen molar-refractivity contribution in [2.75, 3.05) is 19.6 Å². The van der Waals surface area contributed by atoms with Crippen LogP contribution in [0.2, 0.25) is 0 Å². The van der Waals surface area contributed by atoms with Crippen molar-refractivity contribution in [3.8, 4) is 0 Å². The molecule has 3 atom stereocenters. The molecule has 7 heteroatoms. The maximum absolute atomic E-state index is 12.3. The topological polar surface area (TPSA) is 71.8 Å². The first-order chi connectivity index (χ1) is 11.7. The average Bonchev–Trinajstić information content (AvgIpc) is 3.36. The second kappa shape index (κ2) is 6.41. The third-order valence-corrected chi connectivity index (χ3v) is 5.29. The summed E-state index contributed by atoms with van der Waals surface area (Å²) >= 11 is 1.50. The van der Waals surface area contributed by atoms with Crippen LogP contribution in [0.1, 0.15) is 27.3 Å². The summed E-state index contributed by atoms with van der Waals surface area (Å²) in [5.41, 5.74) is 0.688. The SMILES string of the molecule is O=C(NC[C@@H]1C[C@H]2CN(C(=O)c3ccco3)C[C@H]2O1)c1ccsc1. The molecule has 2 aromatic rings. The third-order valence-electron chi connectivity index (χ3n) is 4.61. The number of furan rings is 1. The van der Waals surface area contributed by atoms with Crippen LogP contribution in [0.5, 0.6) is 0 Å². The van der Waals surface area contributed by atoms with Gasteiger partial charge < -0.3 is 19.4 Å². The van der Waals surface area contributed by atoms with Gasteiger partial charge in [-0.1, -0.05) is 0 Å². The van der Waals surface area contributed by atoms with Crippen molar-refractivity contribution < 1.29 is 18.7 Å². The van der Waals surface area contributed by atoms with E-state index >= 15 is 0 Å². The average molecular weight is 346 g/mol. The Bertz CT molecular complexity index is 699. The van der Waals surface area contributed by atoms with Gasteiger partial charge in [0.1, 0.15) is 0 Å². The fourth-order valence-corrected chi connectivity index (χ4v) is 4.05. The predicted octanol–water partition coefficient (Wildman–Crippen LogP) is 2.00. The molecule has 2 saturated heterocycles. The van der Waals surface area contributed by atoms with Crippen LogP contribution in [0, 0.1) is 5.92 Å². The fraction of sp³-hybridized carbons (Fsp3) is 0.412. The van der Waals surface area contributed by atoms with Crippen LogP contribution in [0.3, 0.4) is 0 Å². The quantitative estimate of drug-likeness (QED) is 0.919. The molecule has 0 aliphatic carbocycles. The summed E-state index contributed by atoms with van der Waals surface area (Å²) in [6, 6.07) is 5.20. The summed E-state index contributed by atoms with van der Waals surface area (Å²) in [4.78, 5) is 26.0. The van der Waals surface area contributed by atoms with Gasteiger partial charge in [0, 0.05) is 36.5 Å². The standard InChI is InChI=1S/C17H18N2O4S/c20-16(11-3-5-24-10-11)18-7-13-6-12-8-19(9-15(12)23-13)17(21)14-2-1-4-22-14/h1-5,10,12-13,15H,6-9H2,(H,18,20)/t12-,13-,15+/m0/s1. The first-order valence-electron chi connectivity index (χ1n) is 7.99. The number of hydrogen-bond donors (Lipinski definition) is 1. The lowest BCUT2D eigenvalue weighted by atomic mass is 10.0. The van der Waals surface area contributed by atoms with Crippen molar-refractivity contribution in [3.63, 3.8) is 0 Å². The van der Waals surface area contributed by atoms with Gasteiger partial charge in [-0.15, -0.1) is 0 Å². The Kier molecular flexibility index (Phi) is 4.12. The molecule has 2 aliphatic heterocycles. The molecule has 0 spiro atoms. The van der Waals surface area contributed by atoms with Gasteiger partial charge in [-0.05, 0) is 30.0 Å². The molecule has 0 radical (unpaired) electrons. The van der Waals surface area contributed by atoms with Gasteiger partial charge in [-0.2, -0.15) is 11.3 Å². The van der Waals surface area contributed by atoms with Crippen molar-refractivity contribution in [1.29, 1.82) is 0 Å². The first-order valence-corrected chi connectivity index (χ1v) is 8.93. The summed E-state index contributed by atoms with van der Waals surface area (Å²) in [6.07, 6.45) is 2.43. The smallest absolute Gasteiger partial charge is 0.289 e. The molecule has 2 aliphatic rings. The highest BCUT2D eigenvalue weighted by Crippen LogP contribution is 2.33. The first kappa shape index (κ1) is 15.4. The zero-order valence-electron chi connectivity index (χ0n) is 13.0. The summed E-state index contributed by atoms with van der Waals surface area (Å²) < 4.78 is 11.2.